The molecule has 5 heteroatoms. The zero-order chi connectivity index (χ0) is 18.5. The quantitative estimate of drug-likeness (QED) is 0.518. The van der Waals surface area contributed by atoms with Crippen LogP contribution in [0.15, 0.2) is 66.0 Å². The Bertz CT molecular complexity index is 912. The van der Waals surface area contributed by atoms with Crippen LogP contribution in [0.3, 0.4) is 0 Å². The van der Waals surface area contributed by atoms with E-state index in [1.807, 2.05) is 75.4 Å². The highest BCUT2D eigenvalue weighted by Gasteiger charge is 2.16. The fourth-order valence-electron chi connectivity index (χ4n) is 2.51. The van der Waals surface area contributed by atoms with Gasteiger partial charge in [-0.25, -0.2) is 9.97 Å². The lowest BCUT2D eigenvalue weighted by Gasteiger charge is -2.14. The van der Waals surface area contributed by atoms with E-state index >= 15 is 0 Å². The van der Waals surface area contributed by atoms with Gasteiger partial charge in [0.1, 0.15) is 11.4 Å². The fraction of sp³-hybridized carbons (Fsp3) is 0.190. The fourth-order valence-corrected chi connectivity index (χ4v) is 3.33. The number of nitrogens with one attached hydrogen (secondary N) is 1. The molecule has 0 bridgehead atoms. The van der Waals surface area contributed by atoms with E-state index in [0.717, 1.165) is 33.1 Å². The van der Waals surface area contributed by atoms with Crippen molar-refractivity contribution in [3.8, 4) is 11.3 Å². The molecule has 3 rings (SSSR count). The molecule has 26 heavy (non-hydrogen) atoms. The first-order valence-corrected chi connectivity index (χ1v) is 9.33. The Morgan fingerprint density at radius 1 is 1.04 bits per heavy atom. The molecule has 2 aromatic carbocycles. The summed E-state index contributed by atoms with van der Waals surface area (Å²) < 4.78 is 0. The maximum Gasteiger partial charge on any atom is 0.237 e. The summed E-state index contributed by atoms with van der Waals surface area (Å²) in [5, 5.41) is 3.52. The van der Waals surface area contributed by atoms with Crippen molar-refractivity contribution in [2.24, 2.45) is 0 Å². The molecule has 1 amide bonds. The lowest BCUT2D eigenvalue weighted by Crippen LogP contribution is -2.23. The van der Waals surface area contributed by atoms with Gasteiger partial charge >= 0.3 is 0 Å². The molecule has 0 unspecified atom stereocenters. The molecule has 0 radical (unpaired) electrons. The van der Waals surface area contributed by atoms with Gasteiger partial charge < -0.3 is 5.32 Å². The van der Waals surface area contributed by atoms with E-state index in [1.54, 1.807) is 6.33 Å². The first-order valence-electron chi connectivity index (χ1n) is 8.45. The maximum absolute atomic E-state index is 12.6. The van der Waals surface area contributed by atoms with Crippen molar-refractivity contribution >= 4 is 23.4 Å². The molecule has 1 atom stereocenters. The van der Waals surface area contributed by atoms with Gasteiger partial charge in [-0.3, -0.25) is 4.79 Å². The minimum Gasteiger partial charge on any atom is -0.325 e. The van der Waals surface area contributed by atoms with Crippen LogP contribution in [0.5, 0.6) is 0 Å². The van der Waals surface area contributed by atoms with Crippen molar-refractivity contribution in [1.82, 2.24) is 9.97 Å². The monoisotopic (exact) mass is 363 g/mol. The Balaban J connectivity index is 1.70. The van der Waals surface area contributed by atoms with Gasteiger partial charge in [0.25, 0.3) is 0 Å². The Labute approximate surface area is 158 Å². The van der Waals surface area contributed by atoms with Gasteiger partial charge in [0.2, 0.25) is 5.91 Å². The number of carbonyl (C=O) groups is 1. The molecule has 0 saturated heterocycles. The van der Waals surface area contributed by atoms with E-state index in [-0.39, 0.29) is 11.2 Å². The third kappa shape index (κ3) is 4.49. The number of carbonyl (C=O) groups excluding carboxylic acids is 1. The molecule has 1 aromatic heterocycles. The predicted molar refractivity (Wildman–Crippen MR) is 107 cm³/mol. The van der Waals surface area contributed by atoms with Crippen LogP contribution in [-0.2, 0) is 4.79 Å². The minimum absolute atomic E-state index is 0.0384. The number of rotatable bonds is 5. The van der Waals surface area contributed by atoms with Crippen LogP contribution < -0.4 is 5.32 Å². The summed E-state index contributed by atoms with van der Waals surface area (Å²) in [5.41, 5.74) is 4.91. The summed E-state index contributed by atoms with van der Waals surface area (Å²) in [4.78, 5) is 21.2. The van der Waals surface area contributed by atoms with Gasteiger partial charge in [-0.2, -0.15) is 0 Å². The molecule has 0 fully saturated rings. The second-order valence-electron chi connectivity index (χ2n) is 6.18. The van der Waals surface area contributed by atoms with Crippen LogP contribution >= 0.6 is 11.8 Å². The zero-order valence-electron chi connectivity index (χ0n) is 15.1. The second kappa shape index (κ2) is 8.15. The number of benzene rings is 2. The van der Waals surface area contributed by atoms with Gasteiger partial charge in [-0.05, 0) is 44.0 Å². The Morgan fingerprint density at radius 3 is 2.58 bits per heavy atom. The van der Waals surface area contributed by atoms with Crippen LogP contribution in [0.25, 0.3) is 11.3 Å². The molecule has 0 saturated carbocycles. The van der Waals surface area contributed by atoms with Crippen molar-refractivity contribution in [2.45, 2.75) is 31.0 Å². The third-order valence-electron chi connectivity index (χ3n) is 4.03. The Kier molecular flexibility index (Phi) is 5.68. The zero-order valence-corrected chi connectivity index (χ0v) is 15.9. The third-order valence-corrected chi connectivity index (χ3v) is 5.06. The topological polar surface area (TPSA) is 54.9 Å². The summed E-state index contributed by atoms with van der Waals surface area (Å²) in [6.45, 7) is 5.89. The van der Waals surface area contributed by atoms with E-state index in [2.05, 4.69) is 15.3 Å². The molecular weight excluding hydrogens is 342 g/mol. The molecule has 0 aliphatic rings. The second-order valence-corrected chi connectivity index (χ2v) is 7.54. The SMILES string of the molecule is Cc1ccc(C)c(NC(=O)[C@@H](C)Sc2cc(-c3ccccc3)ncn2)c1. The van der Waals surface area contributed by atoms with Gasteiger partial charge in [0.15, 0.2) is 0 Å². The van der Waals surface area contributed by atoms with Crippen LogP contribution in [0.1, 0.15) is 18.1 Å². The molecule has 1 N–H and O–H groups in total. The molecule has 0 spiro atoms. The number of amides is 1. The number of nitrogens with zero attached hydrogens (tertiary/aromatic N) is 2. The summed E-state index contributed by atoms with van der Waals surface area (Å²) in [5.74, 6) is -0.0384. The standard InChI is InChI=1S/C21H21N3OS/c1-14-9-10-15(2)18(11-14)24-21(25)16(3)26-20-12-19(22-13-23-20)17-7-5-4-6-8-17/h4-13,16H,1-3H3,(H,24,25)/t16-/m1/s1. The van der Waals surface area contributed by atoms with Crippen molar-refractivity contribution in [3.05, 3.63) is 72.1 Å². The molecule has 4 nitrogen and oxygen atoms in total. The summed E-state index contributed by atoms with van der Waals surface area (Å²) >= 11 is 1.43. The molecule has 3 aromatic rings. The Morgan fingerprint density at radius 2 is 1.81 bits per heavy atom. The average molecular weight is 363 g/mol. The number of hydrogen-bond donors (Lipinski definition) is 1. The number of hydrogen-bond acceptors (Lipinski definition) is 4. The number of aromatic nitrogens is 2. The lowest BCUT2D eigenvalue weighted by molar-refractivity contribution is -0.115. The van der Waals surface area contributed by atoms with Crippen molar-refractivity contribution in [1.29, 1.82) is 0 Å². The smallest absolute Gasteiger partial charge is 0.237 e. The minimum atomic E-state index is -0.270. The molecule has 0 aliphatic carbocycles. The highest BCUT2D eigenvalue weighted by atomic mass is 32.2. The normalized spacial score (nSPS) is 11.8. The van der Waals surface area contributed by atoms with Crippen LogP contribution in [-0.4, -0.2) is 21.1 Å². The van der Waals surface area contributed by atoms with Crippen molar-refractivity contribution in [2.75, 3.05) is 5.32 Å². The molecular formula is C21H21N3OS. The Hall–Kier alpha value is -2.66. The van der Waals surface area contributed by atoms with Crippen LogP contribution in [0.2, 0.25) is 0 Å². The first kappa shape index (κ1) is 18.1. The number of thioether (sulfide) groups is 1. The number of anilines is 1. The lowest BCUT2D eigenvalue weighted by atomic mass is 10.1. The van der Waals surface area contributed by atoms with Crippen molar-refractivity contribution < 1.29 is 4.79 Å². The summed E-state index contributed by atoms with van der Waals surface area (Å²) in [7, 11) is 0. The average Bonchev–Trinajstić information content (AvgIpc) is 2.65. The van der Waals surface area contributed by atoms with E-state index in [9.17, 15) is 4.79 Å². The maximum atomic E-state index is 12.6. The molecule has 0 aliphatic heterocycles. The number of aryl methyl sites for hydroxylation is 2. The van der Waals surface area contributed by atoms with Gasteiger partial charge in [0.05, 0.1) is 10.9 Å². The van der Waals surface area contributed by atoms with E-state index in [0.29, 0.717) is 0 Å². The highest BCUT2D eigenvalue weighted by molar-refractivity contribution is 8.00. The van der Waals surface area contributed by atoms with Gasteiger partial charge in [-0.1, -0.05) is 54.2 Å². The summed E-state index contributed by atoms with van der Waals surface area (Å²) in [6, 6.07) is 17.9. The first-order chi connectivity index (χ1) is 12.5. The molecule has 1 heterocycles. The molecule has 132 valence electrons. The van der Waals surface area contributed by atoms with Gasteiger partial charge in [0, 0.05) is 11.3 Å². The van der Waals surface area contributed by atoms with E-state index in [4.69, 9.17) is 0 Å². The van der Waals surface area contributed by atoms with E-state index < -0.39 is 0 Å². The van der Waals surface area contributed by atoms with Gasteiger partial charge in [-0.15, -0.1) is 0 Å². The summed E-state index contributed by atoms with van der Waals surface area (Å²) in [6.07, 6.45) is 1.54. The van der Waals surface area contributed by atoms with Crippen molar-refractivity contribution in [3.63, 3.8) is 0 Å². The largest absolute Gasteiger partial charge is 0.325 e. The highest BCUT2D eigenvalue weighted by Crippen LogP contribution is 2.26. The van der Waals surface area contributed by atoms with E-state index in [1.165, 1.54) is 11.8 Å². The van der Waals surface area contributed by atoms with Crippen LogP contribution in [0.4, 0.5) is 5.69 Å². The van der Waals surface area contributed by atoms with Crippen LogP contribution in [0, 0.1) is 13.8 Å². The predicted octanol–water partition coefficient (Wildman–Crippen LogP) is 4.88.